The van der Waals surface area contributed by atoms with E-state index in [-0.39, 0.29) is 11.5 Å². The third kappa shape index (κ3) is 1.67. The van der Waals surface area contributed by atoms with E-state index in [1.54, 1.807) is 0 Å². The Balaban J connectivity index is 2.35. The minimum Gasteiger partial charge on any atom is -0.391 e. The van der Waals surface area contributed by atoms with Gasteiger partial charge in [-0.1, -0.05) is 39.0 Å². The number of rotatable bonds is 0. The average molecular weight is 243 g/mol. The first-order valence-electron chi connectivity index (χ1n) is 6.77. The largest absolute Gasteiger partial charge is 0.391 e. The third-order valence-electron chi connectivity index (χ3n) is 3.94. The minimum absolute atomic E-state index is 0.155. The van der Waals surface area contributed by atoms with Crippen molar-refractivity contribution in [3.63, 3.8) is 0 Å². The number of aliphatic hydroxyl groups is 1. The van der Waals surface area contributed by atoms with E-state index in [0.29, 0.717) is 0 Å². The summed E-state index contributed by atoms with van der Waals surface area (Å²) in [7, 11) is 0. The number of aromatic nitrogens is 1. The van der Waals surface area contributed by atoms with Gasteiger partial charge in [0, 0.05) is 23.1 Å². The molecule has 0 fully saturated rings. The molecule has 0 aliphatic carbocycles. The summed E-state index contributed by atoms with van der Waals surface area (Å²) >= 11 is 0. The molecule has 1 unspecified atom stereocenters. The van der Waals surface area contributed by atoms with Crippen LogP contribution in [-0.2, 0) is 18.4 Å². The Morgan fingerprint density at radius 1 is 1.22 bits per heavy atom. The molecule has 1 aliphatic heterocycles. The van der Waals surface area contributed by atoms with E-state index in [1.165, 1.54) is 22.2 Å². The molecule has 1 atom stereocenters. The van der Waals surface area contributed by atoms with Gasteiger partial charge in [-0.25, -0.2) is 0 Å². The number of para-hydroxylation sites is 1. The Morgan fingerprint density at radius 3 is 2.67 bits per heavy atom. The molecule has 2 heteroatoms. The van der Waals surface area contributed by atoms with E-state index >= 15 is 0 Å². The Labute approximate surface area is 108 Å². The molecule has 0 radical (unpaired) electrons. The smallest absolute Gasteiger partial charge is 0.0723 e. The lowest BCUT2D eigenvalue weighted by Gasteiger charge is -2.26. The maximum Gasteiger partial charge on any atom is 0.0723 e. The van der Waals surface area contributed by atoms with Gasteiger partial charge < -0.3 is 9.67 Å². The summed E-state index contributed by atoms with van der Waals surface area (Å²) in [5, 5.41) is 11.3. The van der Waals surface area contributed by atoms with Crippen molar-refractivity contribution >= 4 is 10.9 Å². The molecule has 0 saturated carbocycles. The maximum absolute atomic E-state index is 9.91. The molecule has 2 heterocycles. The topological polar surface area (TPSA) is 25.2 Å². The predicted molar refractivity (Wildman–Crippen MR) is 75.0 cm³/mol. The number of benzene rings is 1. The highest BCUT2D eigenvalue weighted by Gasteiger charge is 2.29. The van der Waals surface area contributed by atoms with Crippen LogP contribution in [0.5, 0.6) is 0 Å². The van der Waals surface area contributed by atoms with Crippen molar-refractivity contribution in [3.05, 3.63) is 35.5 Å². The monoisotopic (exact) mass is 243 g/mol. The molecule has 0 spiro atoms. The summed E-state index contributed by atoms with van der Waals surface area (Å²) in [6.45, 7) is 7.58. The third-order valence-corrected chi connectivity index (χ3v) is 3.94. The summed E-state index contributed by atoms with van der Waals surface area (Å²) in [5.41, 5.74) is 4.32. The first-order chi connectivity index (χ1) is 8.48. The lowest BCUT2D eigenvalue weighted by atomic mass is 9.83. The molecule has 18 heavy (non-hydrogen) atoms. The lowest BCUT2D eigenvalue weighted by molar-refractivity contribution is 0.132. The summed E-state index contributed by atoms with van der Waals surface area (Å²) in [6.07, 6.45) is 1.68. The van der Waals surface area contributed by atoms with E-state index in [9.17, 15) is 5.11 Å². The highest BCUT2D eigenvalue weighted by Crippen LogP contribution is 2.38. The van der Waals surface area contributed by atoms with E-state index in [4.69, 9.17) is 0 Å². The van der Waals surface area contributed by atoms with Crippen LogP contribution >= 0.6 is 0 Å². The molecule has 3 rings (SSSR count). The zero-order valence-electron chi connectivity index (χ0n) is 11.4. The molecule has 1 aliphatic rings. The van der Waals surface area contributed by atoms with Gasteiger partial charge >= 0.3 is 0 Å². The normalized spacial score (nSPS) is 20.1. The Kier molecular flexibility index (Phi) is 2.53. The molecule has 0 amide bonds. The zero-order valence-corrected chi connectivity index (χ0v) is 11.4. The van der Waals surface area contributed by atoms with Crippen molar-refractivity contribution in [2.45, 2.75) is 51.7 Å². The van der Waals surface area contributed by atoms with Crippen molar-refractivity contribution < 1.29 is 5.11 Å². The van der Waals surface area contributed by atoms with Crippen molar-refractivity contribution in [1.82, 2.24) is 4.57 Å². The minimum atomic E-state index is -0.193. The highest BCUT2D eigenvalue weighted by molar-refractivity contribution is 5.86. The second-order valence-electron chi connectivity index (χ2n) is 6.39. The van der Waals surface area contributed by atoms with Gasteiger partial charge in [0.2, 0.25) is 0 Å². The first-order valence-corrected chi connectivity index (χ1v) is 6.77. The fourth-order valence-electron chi connectivity index (χ4n) is 3.27. The molecule has 0 saturated heterocycles. The van der Waals surface area contributed by atoms with Gasteiger partial charge in [0.15, 0.2) is 0 Å². The standard InChI is InChI=1S/C16H21NO/c1-16(2,3)15-12-6-4-5-7-13(12)17-10-11(18)8-9-14(15)17/h4-7,11,18H,8-10H2,1-3H3. The first kappa shape index (κ1) is 11.8. The van der Waals surface area contributed by atoms with Crippen LogP contribution in [0, 0.1) is 0 Å². The second-order valence-corrected chi connectivity index (χ2v) is 6.39. The van der Waals surface area contributed by atoms with Crippen molar-refractivity contribution in [3.8, 4) is 0 Å². The van der Waals surface area contributed by atoms with Gasteiger partial charge in [0.25, 0.3) is 0 Å². The van der Waals surface area contributed by atoms with Crippen molar-refractivity contribution in [2.75, 3.05) is 0 Å². The van der Waals surface area contributed by atoms with Crippen LogP contribution in [0.2, 0.25) is 0 Å². The number of nitrogens with zero attached hydrogens (tertiary/aromatic N) is 1. The molecule has 1 aromatic heterocycles. The molecular weight excluding hydrogens is 222 g/mol. The van der Waals surface area contributed by atoms with Gasteiger partial charge in [0.05, 0.1) is 6.10 Å². The number of aliphatic hydroxyl groups excluding tert-OH is 1. The summed E-state index contributed by atoms with van der Waals surface area (Å²) in [6, 6.07) is 8.59. The fourth-order valence-corrected chi connectivity index (χ4v) is 3.27. The lowest BCUT2D eigenvalue weighted by Crippen LogP contribution is -2.26. The number of fused-ring (bicyclic) bond motifs is 3. The predicted octanol–water partition coefficient (Wildman–Crippen LogP) is 3.25. The molecule has 1 N–H and O–H groups in total. The van der Waals surface area contributed by atoms with Crippen LogP contribution in [0.1, 0.15) is 38.4 Å². The zero-order chi connectivity index (χ0) is 12.9. The van der Waals surface area contributed by atoms with Gasteiger partial charge in [-0.2, -0.15) is 0 Å². The van der Waals surface area contributed by atoms with Crippen LogP contribution in [0.4, 0.5) is 0 Å². The number of hydrogen-bond donors (Lipinski definition) is 1. The van der Waals surface area contributed by atoms with Gasteiger partial charge in [0.1, 0.15) is 0 Å². The molecule has 0 bridgehead atoms. The van der Waals surface area contributed by atoms with Crippen LogP contribution < -0.4 is 0 Å². The maximum atomic E-state index is 9.91. The molecule has 96 valence electrons. The van der Waals surface area contributed by atoms with Crippen molar-refractivity contribution in [2.24, 2.45) is 0 Å². The van der Waals surface area contributed by atoms with E-state index in [0.717, 1.165) is 19.4 Å². The van der Waals surface area contributed by atoms with Crippen LogP contribution in [0.25, 0.3) is 10.9 Å². The quantitative estimate of drug-likeness (QED) is 0.755. The molecule has 1 aromatic carbocycles. The van der Waals surface area contributed by atoms with Gasteiger partial charge in [-0.3, -0.25) is 0 Å². The second kappa shape index (κ2) is 3.86. The SMILES string of the molecule is CC(C)(C)c1c2n(c3ccccc13)CC(O)CC2. The molecular formula is C16H21NO. The molecule has 2 nitrogen and oxygen atoms in total. The van der Waals surface area contributed by atoms with E-state index in [1.807, 2.05) is 0 Å². The van der Waals surface area contributed by atoms with Gasteiger partial charge in [-0.05, 0) is 29.9 Å². The van der Waals surface area contributed by atoms with Gasteiger partial charge in [-0.15, -0.1) is 0 Å². The summed E-state index contributed by atoms with van der Waals surface area (Å²) < 4.78 is 2.32. The van der Waals surface area contributed by atoms with E-state index < -0.39 is 0 Å². The average Bonchev–Trinajstić information content (AvgIpc) is 2.62. The summed E-state index contributed by atoms with van der Waals surface area (Å²) in [5.74, 6) is 0. The molecule has 2 aromatic rings. The van der Waals surface area contributed by atoms with Crippen LogP contribution in [-0.4, -0.2) is 15.8 Å². The van der Waals surface area contributed by atoms with Crippen LogP contribution in [0.15, 0.2) is 24.3 Å². The van der Waals surface area contributed by atoms with Crippen LogP contribution in [0.3, 0.4) is 0 Å². The Hall–Kier alpha value is -1.28. The number of hydrogen-bond acceptors (Lipinski definition) is 1. The Bertz CT molecular complexity index is 589. The van der Waals surface area contributed by atoms with E-state index in [2.05, 4.69) is 49.6 Å². The van der Waals surface area contributed by atoms with Crippen molar-refractivity contribution in [1.29, 1.82) is 0 Å². The highest BCUT2D eigenvalue weighted by atomic mass is 16.3. The Morgan fingerprint density at radius 2 is 1.94 bits per heavy atom. The summed E-state index contributed by atoms with van der Waals surface area (Å²) in [4.78, 5) is 0. The fraction of sp³-hybridized carbons (Fsp3) is 0.500.